The van der Waals surface area contributed by atoms with E-state index in [0.717, 1.165) is 45.9 Å². The molecule has 3 aromatic heterocycles. The Balaban J connectivity index is 1.18. The summed E-state index contributed by atoms with van der Waals surface area (Å²) in [7, 11) is 0. The van der Waals surface area contributed by atoms with E-state index in [1.165, 1.54) is 11.9 Å². The predicted octanol–water partition coefficient (Wildman–Crippen LogP) is 5.52. The molecule has 6 rings (SSSR count). The summed E-state index contributed by atoms with van der Waals surface area (Å²) in [6.45, 7) is 2.59. The van der Waals surface area contributed by atoms with Crippen molar-refractivity contribution in [3.63, 3.8) is 0 Å². The Morgan fingerprint density at radius 1 is 0.757 bits per heavy atom. The maximum atomic E-state index is 4.56. The van der Waals surface area contributed by atoms with Crippen molar-refractivity contribution in [2.75, 3.05) is 10.6 Å². The molecule has 9 heteroatoms. The van der Waals surface area contributed by atoms with E-state index < -0.39 is 0 Å². The Kier molecular flexibility index (Phi) is 5.92. The third-order valence-electron chi connectivity index (χ3n) is 5.84. The number of aromatic nitrogens is 7. The number of hydrogen-bond acceptors (Lipinski definition) is 8. The second-order valence-electron chi connectivity index (χ2n) is 8.51. The first-order valence-corrected chi connectivity index (χ1v) is 11.8. The lowest BCUT2D eigenvalue weighted by molar-refractivity contribution is 0.712. The van der Waals surface area contributed by atoms with Gasteiger partial charge < -0.3 is 10.6 Å². The second kappa shape index (κ2) is 9.82. The average Bonchev–Trinajstić information content (AvgIpc) is 3.31. The molecule has 180 valence electrons. The summed E-state index contributed by atoms with van der Waals surface area (Å²) in [6.07, 6.45) is 5.11. The molecular formula is C28H23N9. The molecule has 6 aromatic rings. The van der Waals surface area contributed by atoms with Crippen LogP contribution < -0.4 is 10.6 Å². The lowest BCUT2D eigenvalue weighted by Gasteiger charge is -2.09. The molecule has 37 heavy (non-hydrogen) atoms. The molecule has 0 spiro atoms. The molecule has 0 atom stereocenters. The molecule has 3 aromatic carbocycles. The van der Waals surface area contributed by atoms with Crippen LogP contribution in [0.3, 0.4) is 0 Å². The third kappa shape index (κ3) is 5.10. The molecule has 0 saturated heterocycles. The highest BCUT2D eigenvalue weighted by Crippen LogP contribution is 2.24. The van der Waals surface area contributed by atoms with E-state index in [4.69, 9.17) is 0 Å². The van der Waals surface area contributed by atoms with Crippen molar-refractivity contribution in [1.29, 1.82) is 0 Å². The van der Waals surface area contributed by atoms with E-state index in [0.29, 0.717) is 11.9 Å². The van der Waals surface area contributed by atoms with Crippen molar-refractivity contribution >= 4 is 34.2 Å². The van der Waals surface area contributed by atoms with E-state index in [1.54, 1.807) is 6.20 Å². The number of aryl methyl sites for hydroxylation is 1. The minimum absolute atomic E-state index is 0.435. The number of nitrogens with one attached hydrogen (secondary N) is 2. The molecular weight excluding hydrogens is 462 g/mol. The maximum Gasteiger partial charge on any atom is 0.232 e. The maximum absolute atomic E-state index is 4.56. The zero-order valence-electron chi connectivity index (χ0n) is 20.1. The number of nitrogens with zero attached hydrogens (tertiary/aromatic N) is 7. The number of rotatable bonds is 7. The highest BCUT2D eigenvalue weighted by atomic mass is 15.3. The topological polar surface area (TPSA) is 106 Å². The van der Waals surface area contributed by atoms with E-state index in [2.05, 4.69) is 52.8 Å². The molecule has 0 bridgehead atoms. The van der Waals surface area contributed by atoms with Gasteiger partial charge in [0.2, 0.25) is 11.9 Å². The van der Waals surface area contributed by atoms with Gasteiger partial charge in [0.15, 0.2) is 0 Å². The minimum atomic E-state index is 0.435. The van der Waals surface area contributed by atoms with Gasteiger partial charge in [-0.25, -0.2) is 19.9 Å². The summed E-state index contributed by atoms with van der Waals surface area (Å²) in [5.41, 5.74) is 5.81. The van der Waals surface area contributed by atoms with Crippen molar-refractivity contribution in [3.8, 4) is 11.3 Å². The Morgan fingerprint density at radius 3 is 2.38 bits per heavy atom. The Morgan fingerprint density at radius 2 is 1.57 bits per heavy atom. The summed E-state index contributed by atoms with van der Waals surface area (Å²) >= 11 is 0. The van der Waals surface area contributed by atoms with E-state index in [-0.39, 0.29) is 0 Å². The summed E-state index contributed by atoms with van der Waals surface area (Å²) in [5.74, 6) is 1.60. The average molecular weight is 486 g/mol. The molecule has 0 saturated carbocycles. The Labute approximate surface area is 213 Å². The van der Waals surface area contributed by atoms with Crippen molar-refractivity contribution in [2.45, 2.75) is 13.5 Å². The predicted molar refractivity (Wildman–Crippen MR) is 144 cm³/mol. The first-order valence-electron chi connectivity index (χ1n) is 11.8. The smallest absolute Gasteiger partial charge is 0.232 e. The van der Waals surface area contributed by atoms with Gasteiger partial charge in [0.05, 0.1) is 24.0 Å². The van der Waals surface area contributed by atoms with E-state index >= 15 is 0 Å². The largest absolute Gasteiger partial charge is 0.324 e. The van der Waals surface area contributed by atoms with Gasteiger partial charge in [0.1, 0.15) is 12.2 Å². The van der Waals surface area contributed by atoms with Gasteiger partial charge in [-0.15, -0.1) is 0 Å². The molecule has 0 fully saturated rings. The number of fused-ring (bicyclic) bond motifs is 1. The van der Waals surface area contributed by atoms with Crippen molar-refractivity contribution in [3.05, 3.63) is 109 Å². The van der Waals surface area contributed by atoms with Gasteiger partial charge in [0.25, 0.3) is 0 Å². The van der Waals surface area contributed by atoms with Gasteiger partial charge in [-0.3, -0.25) is 4.68 Å². The molecule has 0 aliphatic heterocycles. The van der Waals surface area contributed by atoms with Crippen molar-refractivity contribution < 1.29 is 0 Å². The third-order valence-corrected chi connectivity index (χ3v) is 5.84. The Bertz CT molecular complexity index is 1680. The van der Waals surface area contributed by atoms with Crippen LogP contribution in [0.1, 0.15) is 11.4 Å². The quantitative estimate of drug-likeness (QED) is 0.304. The summed E-state index contributed by atoms with van der Waals surface area (Å²) < 4.78 is 2.00. The number of hydrogen-bond donors (Lipinski definition) is 2. The SMILES string of the molecule is Cc1nccc(-c2cccc(Nc3ncnc(Nc4ccc5c(cnn5Cc5ccccc5)c4)n3)c2)n1. The molecule has 0 unspecified atom stereocenters. The van der Waals surface area contributed by atoms with Crippen LogP contribution in [0.5, 0.6) is 0 Å². The van der Waals surface area contributed by atoms with Crippen LogP contribution in [0.25, 0.3) is 22.2 Å². The van der Waals surface area contributed by atoms with Gasteiger partial charge >= 0.3 is 0 Å². The van der Waals surface area contributed by atoms with Gasteiger partial charge in [-0.05, 0) is 48.9 Å². The lowest BCUT2D eigenvalue weighted by Crippen LogP contribution is -2.03. The fraction of sp³-hybridized carbons (Fsp3) is 0.0714. The molecule has 2 N–H and O–H groups in total. The van der Waals surface area contributed by atoms with Gasteiger partial charge in [0, 0.05) is 28.5 Å². The first kappa shape index (κ1) is 22.3. The molecule has 0 aliphatic rings. The van der Waals surface area contributed by atoms with Crippen molar-refractivity contribution in [2.24, 2.45) is 0 Å². The van der Waals surface area contributed by atoms with Crippen LogP contribution in [-0.2, 0) is 6.54 Å². The zero-order valence-corrected chi connectivity index (χ0v) is 20.1. The highest BCUT2D eigenvalue weighted by molar-refractivity contribution is 5.83. The first-order chi connectivity index (χ1) is 18.2. The number of benzene rings is 3. The van der Waals surface area contributed by atoms with Crippen LogP contribution >= 0.6 is 0 Å². The fourth-order valence-electron chi connectivity index (χ4n) is 4.10. The standard InChI is InChI=1S/C28H23N9/c1-19-29-13-12-25(33-19)21-8-5-9-23(14-21)34-27-30-18-31-28(36-27)35-24-10-11-26-22(15-24)16-32-37(26)17-20-6-3-2-4-7-20/h2-16,18H,17H2,1H3,(H2,30,31,34,35,36). The summed E-state index contributed by atoms with van der Waals surface area (Å²) in [4.78, 5) is 21.8. The zero-order chi connectivity index (χ0) is 25.0. The van der Waals surface area contributed by atoms with Gasteiger partial charge in [-0.2, -0.15) is 10.1 Å². The monoisotopic (exact) mass is 485 g/mol. The van der Waals surface area contributed by atoms with Crippen LogP contribution in [0.4, 0.5) is 23.3 Å². The highest BCUT2D eigenvalue weighted by Gasteiger charge is 2.08. The van der Waals surface area contributed by atoms with Crippen LogP contribution in [0.2, 0.25) is 0 Å². The van der Waals surface area contributed by atoms with Crippen LogP contribution in [0.15, 0.2) is 97.6 Å². The molecule has 9 nitrogen and oxygen atoms in total. The summed E-state index contributed by atoms with van der Waals surface area (Å²) in [6, 6.07) is 26.2. The Hall–Kier alpha value is -5.18. The minimum Gasteiger partial charge on any atom is -0.324 e. The molecule has 0 amide bonds. The van der Waals surface area contributed by atoms with E-state index in [9.17, 15) is 0 Å². The number of anilines is 4. The lowest BCUT2D eigenvalue weighted by atomic mass is 10.1. The van der Waals surface area contributed by atoms with Crippen LogP contribution in [-0.4, -0.2) is 34.7 Å². The molecule has 0 radical (unpaired) electrons. The van der Waals surface area contributed by atoms with Crippen molar-refractivity contribution in [1.82, 2.24) is 34.7 Å². The normalized spacial score (nSPS) is 10.9. The van der Waals surface area contributed by atoms with E-state index in [1.807, 2.05) is 84.5 Å². The van der Waals surface area contributed by atoms with Gasteiger partial charge in [-0.1, -0.05) is 42.5 Å². The molecule has 3 heterocycles. The second-order valence-corrected chi connectivity index (χ2v) is 8.51. The van der Waals surface area contributed by atoms with Crippen LogP contribution in [0, 0.1) is 6.92 Å². The molecule has 0 aliphatic carbocycles. The fourth-order valence-corrected chi connectivity index (χ4v) is 4.10. The summed E-state index contributed by atoms with van der Waals surface area (Å²) in [5, 5.41) is 12.1.